The fraction of sp³-hybridized carbons (Fsp3) is 0.400. The second-order valence-electron chi connectivity index (χ2n) is 5.38. The molecule has 21 heavy (non-hydrogen) atoms. The lowest BCUT2D eigenvalue weighted by atomic mass is 9.97. The Morgan fingerprint density at radius 1 is 1.33 bits per heavy atom. The summed E-state index contributed by atoms with van der Waals surface area (Å²) in [5.74, 6) is 0.299. The predicted octanol–water partition coefficient (Wildman–Crippen LogP) is 2.35. The summed E-state index contributed by atoms with van der Waals surface area (Å²) >= 11 is 0. The van der Waals surface area contributed by atoms with Crippen LogP contribution in [0.25, 0.3) is 10.9 Å². The van der Waals surface area contributed by atoms with E-state index in [9.17, 15) is 15.2 Å². The number of piperidine rings is 1. The van der Waals surface area contributed by atoms with E-state index >= 15 is 0 Å². The minimum atomic E-state index is -0.368. The smallest absolute Gasteiger partial charge is 0.311 e. The van der Waals surface area contributed by atoms with Crippen LogP contribution in [0.5, 0.6) is 0 Å². The van der Waals surface area contributed by atoms with Crippen LogP contribution in [-0.2, 0) is 0 Å². The Morgan fingerprint density at radius 3 is 2.71 bits per heavy atom. The molecule has 0 spiro atoms. The van der Waals surface area contributed by atoms with Crippen molar-refractivity contribution in [2.45, 2.75) is 12.8 Å². The van der Waals surface area contributed by atoms with Gasteiger partial charge in [-0.1, -0.05) is 18.2 Å². The molecule has 1 aromatic heterocycles. The number of aliphatic hydroxyl groups excluding tert-OH is 1. The van der Waals surface area contributed by atoms with Gasteiger partial charge in [-0.15, -0.1) is 0 Å². The van der Waals surface area contributed by atoms with Crippen LogP contribution in [0.4, 0.5) is 11.4 Å². The number of nitro groups is 1. The summed E-state index contributed by atoms with van der Waals surface area (Å²) in [4.78, 5) is 17.2. The molecule has 0 radical (unpaired) electrons. The third kappa shape index (κ3) is 2.54. The van der Waals surface area contributed by atoms with E-state index in [0.717, 1.165) is 36.8 Å². The number of pyridine rings is 1. The van der Waals surface area contributed by atoms with Crippen LogP contribution in [0.3, 0.4) is 0 Å². The normalized spacial score (nSPS) is 16.3. The van der Waals surface area contributed by atoms with Crippen molar-refractivity contribution in [2.75, 3.05) is 24.6 Å². The number of hydrogen-bond donors (Lipinski definition) is 1. The average molecular weight is 287 g/mol. The Bertz CT molecular complexity index is 666. The number of para-hydroxylation sites is 1. The predicted molar refractivity (Wildman–Crippen MR) is 80.4 cm³/mol. The van der Waals surface area contributed by atoms with Crippen molar-refractivity contribution in [1.29, 1.82) is 0 Å². The summed E-state index contributed by atoms with van der Waals surface area (Å²) in [5.41, 5.74) is 1.47. The third-order valence-electron chi connectivity index (χ3n) is 4.11. The van der Waals surface area contributed by atoms with Crippen LogP contribution in [0.2, 0.25) is 0 Å². The van der Waals surface area contributed by atoms with Crippen molar-refractivity contribution in [3.05, 3.63) is 40.6 Å². The molecule has 0 unspecified atom stereocenters. The Balaban J connectivity index is 2.07. The van der Waals surface area contributed by atoms with Crippen molar-refractivity contribution >= 4 is 22.3 Å². The van der Waals surface area contributed by atoms with Crippen molar-refractivity contribution in [1.82, 2.24) is 4.98 Å². The average Bonchev–Trinajstić information content (AvgIpc) is 2.53. The number of aliphatic hydroxyl groups is 1. The van der Waals surface area contributed by atoms with E-state index < -0.39 is 0 Å². The number of nitrogens with zero attached hydrogens (tertiary/aromatic N) is 3. The van der Waals surface area contributed by atoms with Crippen molar-refractivity contribution < 1.29 is 10.0 Å². The van der Waals surface area contributed by atoms with Gasteiger partial charge in [0.25, 0.3) is 0 Å². The van der Waals surface area contributed by atoms with Gasteiger partial charge in [0, 0.05) is 25.1 Å². The highest BCUT2D eigenvalue weighted by molar-refractivity contribution is 5.96. The molecule has 1 N–H and O–H groups in total. The molecule has 0 amide bonds. The maximum absolute atomic E-state index is 11.3. The molecule has 1 aliphatic heterocycles. The lowest BCUT2D eigenvalue weighted by Gasteiger charge is -2.33. The van der Waals surface area contributed by atoms with Crippen LogP contribution >= 0.6 is 0 Å². The first kappa shape index (κ1) is 13.8. The van der Waals surface area contributed by atoms with Gasteiger partial charge in [-0.25, -0.2) is 4.98 Å². The summed E-state index contributed by atoms with van der Waals surface area (Å²) in [7, 11) is 0. The van der Waals surface area contributed by atoms with Crippen molar-refractivity contribution in [3.63, 3.8) is 0 Å². The van der Waals surface area contributed by atoms with E-state index in [2.05, 4.69) is 4.98 Å². The van der Waals surface area contributed by atoms with Gasteiger partial charge in [-0.2, -0.15) is 0 Å². The van der Waals surface area contributed by atoms with Crippen molar-refractivity contribution in [2.24, 2.45) is 5.92 Å². The number of fused-ring (bicyclic) bond motifs is 1. The first-order valence-electron chi connectivity index (χ1n) is 7.08. The third-order valence-corrected chi connectivity index (χ3v) is 4.11. The summed E-state index contributed by atoms with van der Waals surface area (Å²) < 4.78 is 0. The van der Waals surface area contributed by atoms with Crippen LogP contribution < -0.4 is 4.90 Å². The lowest BCUT2D eigenvalue weighted by molar-refractivity contribution is -0.384. The Labute approximate surface area is 122 Å². The van der Waals surface area contributed by atoms with E-state index in [1.807, 2.05) is 29.2 Å². The molecule has 1 aromatic carbocycles. The Kier molecular flexibility index (Phi) is 3.70. The first-order valence-corrected chi connectivity index (χ1v) is 7.08. The minimum absolute atomic E-state index is 0.0520. The second kappa shape index (κ2) is 5.65. The monoisotopic (exact) mass is 287 g/mol. The van der Waals surface area contributed by atoms with E-state index in [1.165, 1.54) is 6.20 Å². The maximum Gasteiger partial charge on any atom is 0.311 e. The molecule has 1 fully saturated rings. The fourth-order valence-electron chi connectivity index (χ4n) is 2.92. The number of benzene rings is 1. The molecule has 1 saturated heterocycles. The zero-order valence-electron chi connectivity index (χ0n) is 11.6. The highest BCUT2D eigenvalue weighted by Gasteiger charge is 2.26. The molecule has 2 heterocycles. The van der Waals surface area contributed by atoms with Gasteiger partial charge < -0.3 is 10.0 Å². The Morgan fingerprint density at radius 2 is 2.05 bits per heavy atom. The lowest BCUT2D eigenvalue weighted by Crippen LogP contribution is -2.35. The molecule has 0 saturated carbocycles. The van der Waals surface area contributed by atoms with Gasteiger partial charge in [0.2, 0.25) is 0 Å². The quantitative estimate of drug-likeness (QED) is 0.692. The number of anilines is 1. The van der Waals surface area contributed by atoms with Crippen molar-refractivity contribution in [3.8, 4) is 0 Å². The number of hydrogen-bond acceptors (Lipinski definition) is 5. The molecule has 0 bridgehead atoms. The fourth-order valence-corrected chi connectivity index (χ4v) is 2.92. The summed E-state index contributed by atoms with van der Waals surface area (Å²) in [5, 5.41) is 21.4. The maximum atomic E-state index is 11.3. The zero-order chi connectivity index (χ0) is 14.8. The standard InChI is InChI=1S/C15H17N3O3/c19-10-11-5-7-17(8-6-11)15-12-3-1-2-4-13(12)16-9-14(15)18(20)21/h1-4,9,11,19H,5-8,10H2. The Hall–Kier alpha value is -2.21. The molecule has 1 aliphatic rings. The molecule has 0 aliphatic carbocycles. The number of rotatable bonds is 3. The van der Waals surface area contributed by atoms with Gasteiger partial charge >= 0.3 is 5.69 Å². The van der Waals surface area contributed by atoms with Gasteiger partial charge in [0.05, 0.1) is 10.4 Å². The van der Waals surface area contributed by atoms with Crippen LogP contribution in [0.15, 0.2) is 30.5 Å². The highest BCUT2D eigenvalue weighted by Crippen LogP contribution is 2.36. The van der Waals surface area contributed by atoms with Crippen LogP contribution in [0, 0.1) is 16.0 Å². The molecule has 3 rings (SSSR count). The molecule has 6 heteroatoms. The van der Waals surface area contributed by atoms with Gasteiger partial charge in [0.15, 0.2) is 0 Å². The van der Waals surface area contributed by atoms with E-state index in [1.54, 1.807) is 0 Å². The summed E-state index contributed by atoms with van der Waals surface area (Å²) in [6.45, 7) is 1.63. The summed E-state index contributed by atoms with van der Waals surface area (Å²) in [6, 6.07) is 7.49. The zero-order valence-corrected chi connectivity index (χ0v) is 11.6. The van der Waals surface area contributed by atoms with Crippen LogP contribution in [0.1, 0.15) is 12.8 Å². The first-order chi connectivity index (χ1) is 10.2. The van der Waals surface area contributed by atoms with E-state index in [4.69, 9.17) is 0 Å². The molecule has 0 atom stereocenters. The summed E-state index contributed by atoms with van der Waals surface area (Å²) in [6.07, 6.45) is 3.05. The van der Waals surface area contributed by atoms with Crippen LogP contribution in [-0.4, -0.2) is 34.7 Å². The van der Waals surface area contributed by atoms with E-state index in [0.29, 0.717) is 11.6 Å². The highest BCUT2D eigenvalue weighted by atomic mass is 16.6. The van der Waals surface area contributed by atoms with Gasteiger partial charge in [-0.05, 0) is 24.8 Å². The largest absolute Gasteiger partial charge is 0.396 e. The SMILES string of the molecule is O=[N+]([O-])c1cnc2ccccc2c1N1CCC(CO)CC1. The minimum Gasteiger partial charge on any atom is -0.396 e. The molecule has 110 valence electrons. The molecular formula is C15H17N3O3. The second-order valence-corrected chi connectivity index (χ2v) is 5.38. The van der Waals surface area contributed by atoms with Gasteiger partial charge in [-0.3, -0.25) is 10.1 Å². The molecule has 6 nitrogen and oxygen atoms in total. The molecular weight excluding hydrogens is 270 g/mol. The van der Waals surface area contributed by atoms with E-state index in [-0.39, 0.29) is 17.2 Å². The molecule has 2 aromatic rings. The number of aromatic nitrogens is 1. The topological polar surface area (TPSA) is 79.5 Å². The van der Waals surface area contributed by atoms with Gasteiger partial charge in [0.1, 0.15) is 11.9 Å².